The monoisotopic (exact) mass is 447 g/mol. The first-order valence-electron chi connectivity index (χ1n) is 11.2. The second-order valence-corrected chi connectivity index (χ2v) is 9.16. The van der Waals surface area contributed by atoms with Gasteiger partial charge in [-0.2, -0.15) is 0 Å². The number of carbonyl (C=O) groups is 1. The van der Waals surface area contributed by atoms with E-state index in [1.165, 1.54) is 11.3 Å². The van der Waals surface area contributed by atoms with E-state index in [-0.39, 0.29) is 24.2 Å². The van der Waals surface area contributed by atoms with Gasteiger partial charge in [-0.05, 0) is 71.0 Å². The quantitative estimate of drug-likeness (QED) is 0.454. The number of hydrogen-bond donors (Lipinski definition) is 2. The molecular formula is C28H33NO4. The highest BCUT2D eigenvalue weighted by Gasteiger charge is 2.21. The SMILES string of the molecule is CCN(C)c1ccc(-c2cc(-c3ccc(C(=O)O)cc3)ccc2OCCO)cc1C(C)(C)C. The highest BCUT2D eigenvalue weighted by molar-refractivity contribution is 5.88. The molecule has 0 radical (unpaired) electrons. The fraction of sp³-hybridized carbons (Fsp3) is 0.321. The molecule has 2 N–H and O–H groups in total. The Kier molecular flexibility index (Phi) is 7.44. The number of carboxylic acids is 1. The molecule has 0 saturated heterocycles. The third kappa shape index (κ3) is 5.55. The molecular weight excluding hydrogens is 414 g/mol. The van der Waals surface area contributed by atoms with Crippen LogP contribution in [0.2, 0.25) is 0 Å². The first-order valence-corrected chi connectivity index (χ1v) is 11.2. The zero-order valence-corrected chi connectivity index (χ0v) is 20.1. The lowest BCUT2D eigenvalue weighted by molar-refractivity contribution is 0.0697. The summed E-state index contributed by atoms with van der Waals surface area (Å²) in [5.74, 6) is -0.242. The van der Waals surface area contributed by atoms with E-state index in [0.717, 1.165) is 28.8 Å². The Balaban J connectivity index is 2.15. The number of aliphatic hydroxyl groups excluding tert-OH is 1. The summed E-state index contributed by atoms with van der Waals surface area (Å²) in [6.07, 6.45) is 0. The van der Waals surface area contributed by atoms with E-state index in [2.05, 4.69) is 63.9 Å². The average molecular weight is 448 g/mol. The van der Waals surface area contributed by atoms with Crippen molar-refractivity contribution >= 4 is 11.7 Å². The van der Waals surface area contributed by atoms with Gasteiger partial charge < -0.3 is 19.8 Å². The van der Waals surface area contributed by atoms with Gasteiger partial charge in [0.05, 0.1) is 12.2 Å². The number of benzene rings is 3. The second-order valence-electron chi connectivity index (χ2n) is 9.16. The molecule has 0 spiro atoms. The van der Waals surface area contributed by atoms with Gasteiger partial charge in [0.15, 0.2) is 0 Å². The molecule has 0 bridgehead atoms. The number of rotatable bonds is 8. The van der Waals surface area contributed by atoms with Gasteiger partial charge in [-0.3, -0.25) is 0 Å². The molecule has 0 amide bonds. The lowest BCUT2D eigenvalue weighted by Gasteiger charge is -2.29. The molecule has 3 aromatic carbocycles. The predicted molar refractivity (Wildman–Crippen MR) is 134 cm³/mol. The molecule has 0 unspecified atom stereocenters. The molecule has 0 aromatic heterocycles. The van der Waals surface area contributed by atoms with Crippen LogP contribution in [0.5, 0.6) is 5.75 Å². The maximum atomic E-state index is 11.2. The molecule has 0 aliphatic rings. The molecule has 33 heavy (non-hydrogen) atoms. The maximum absolute atomic E-state index is 11.2. The topological polar surface area (TPSA) is 70.0 Å². The third-order valence-corrected chi connectivity index (χ3v) is 5.79. The van der Waals surface area contributed by atoms with E-state index >= 15 is 0 Å². The van der Waals surface area contributed by atoms with E-state index in [1.54, 1.807) is 12.1 Å². The van der Waals surface area contributed by atoms with Gasteiger partial charge in [-0.25, -0.2) is 4.79 Å². The molecule has 0 fully saturated rings. The molecule has 0 atom stereocenters. The largest absolute Gasteiger partial charge is 0.491 e. The fourth-order valence-corrected chi connectivity index (χ4v) is 3.83. The van der Waals surface area contributed by atoms with Crippen molar-refractivity contribution in [3.8, 4) is 28.0 Å². The highest BCUT2D eigenvalue weighted by atomic mass is 16.5. The van der Waals surface area contributed by atoms with Gasteiger partial charge >= 0.3 is 5.97 Å². The zero-order valence-electron chi connectivity index (χ0n) is 20.1. The number of aliphatic hydroxyl groups is 1. The average Bonchev–Trinajstić information content (AvgIpc) is 2.81. The number of nitrogens with zero attached hydrogens (tertiary/aromatic N) is 1. The number of anilines is 1. The van der Waals surface area contributed by atoms with Crippen LogP contribution in [-0.2, 0) is 5.41 Å². The van der Waals surface area contributed by atoms with E-state index in [9.17, 15) is 15.0 Å². The zero-order chi connectivity index (χ0) is 24.2. The van der Waals surface area contributed by atoms with Crippen molar-refractivity contribution < 1.29 is 19.7 Å². The minimum absolute atomic E-state index is 0.0504. The van der Waals surface area contributed by atoms with Gasteiger partial charge in [0, 0.05) is 24.8 Å². The summed E-state index contributed by atoms with van der Waals surface area (Å²) >= 11 is 0. The van der Waals surface area contributed by atoms with Crippen molar-refractivity contribution in [3.05, 3.63) is 71.8 Å². The van der Waals surface area contributed by atoms with Crippen molar-refractivity contribution in [3.63, 3.8) is 0 Å². The number of carboxylic acid groups (broad SMARTS) is 1. The summed E-state index contributed by atoms with van der Waals surface area (Å²) in [4.78, 5) is 13.4. The van der Waals surface area contributed by atoms with Crippen LogP contribution in [0.15, 0.2) is 60.7 Å². The van der Waals surface area contributed by atoms with Crippen LogP contribution in [0.3, 0.4) is 0 Å². The van der Waals surface area contributed by atoms with Crippen LogP contribution in [0.25, 0.3) is 22.3 Å². The summed E-state index contributed by atoms with van der Waals surface area (Å²) in [6.45, 7) is 9.83. The van der Waals surface area contributed by atoms with Crippen molar-refractivity contribution in [1.29, 1.82) is 0 Å². The van der Waals surface area contributed by atoms with Crippen LogP contribution in [0, 0.1) is 0 Å². The van der Waals surface area contributed by atoms with Gasteiger partial charge in [0.1, 0.15) is 12.4 Å². The summed E-state index contributed by atoms with van der Waals surface area (Å²) < 4.78 is 5.87. The Morgan fingerprint density at radius 3 is 2.15 bits per heavy atom. The summed E-state index contributed by atoms with van der Waals surface area (Å²) in [5, 5.41) is 18.5. The molecule has 0 aliphatic heterocycles. The predicted octanol–water partition coefficient (Wildman–Crippen LogP) is 5.84. The van der Waals surface area contributed by atoms with E-state index in [0.29, 0.717) is 5.75 Å². The van der Waals surface area contributed by atoms with Gasteiger partial charge in [-0.1, -0.05) is 45.0 Å². The van der Waals surface area contributed by atoms with Crippen LogP contribution in [0.4, 0.5) is 5.69 Å². The molecule has 3 aromatic rings. The van der Waals surface area contributed by atoms with Crippen molar-refractivity contribution in [2.45, 2.75) is 33.1 Å². The van der Waals surface area contributed by atoms with E-state index in [1.807, 2.05) is 24.3 Å². The summed E-state index contributed by atoms with van der Waals surface area (Å²) in [5.41, 5.74) is 6.50. The molecule has 0 saturated carbocycles. The van der Waals surface area contributed by atoms with Crippen LogP contribution in [0.1, 0.15) is 43.6 Å². The first kappa shape index (κ1) is 24.3. The molecule has 0 aliphatic carbocycles. The first-order chi connectivity index (χ1) is 15.7. The summed E-state index contributed by atoms with van der Waals surface area (Å²) in [6, 6.07) is 19.3. The lowest BCUT2D eigenvalue weighted by Crippen LogP contribution is -2.22. The molecule has 5 nitrogen and oxygen atoms in total. The Bertz CT molecular complexity index is 1110. The van der Waals surface area contributed by atoms with E-state index in [4.69, 9.17) is 4.74 Å². The van der Waals surface area contributed by atoms with Gasteiger partial charge in [-0.15, -0.1) is 0 Å². The smallest absolute Gasteiger partial charge is 0.335 e. The normalized spacial score (nSPS) is 11.3. The van der Waals surface area contributed by atoms with Gasteiger partial charge in [0.2, 0.25) is 0 Å². The molecule has 174 valence electrons. The third-order valence-electron chi connectivity index (χ3n) is 5.79. The van der Waals surface area contributed by atoms with Crippen molar-refractivity contribution in [2.75, 3.05) is 31.7 Å². The van der Waals surface area contributed by atoms with Crippen molar-refractivity contribution in [1.82, 2.24) is 0 Å². The van der Waals surface area contributed by atoms with E-state index < -0.39 is 5.97 Å². The maximum Gasteiger partial charge on any atom is 0.335 e. The Hall–Kier alpha value is -3.31. The van der Waals surface area contributed by atoms with Crippen LogP contribution in [-0.4, -0.2) is 43.0 Å². The van der Waals surface area contributed by atoms with Crippen LogP contribution >= 0.6 is 0 Å². The number of hydrogen-bond acceptors (Lipinski definition) is 4. The lowest BCUT2D eigenvalue weighted by atomic mass is 9.83. The standard InChI is InChI=1S/C28H33NO4/c1-6-29(5)25-13-11-22(18-24(25)28(2,3)4)23-17-21(12-14-26(23)33-16-15-30)19-7-9-20(10-8-19)27(31)32/h7-14,17-18,30H,6,15-16H2,1-5H3,(H,31,32). The Morgan fingerprint density at radius 1 is 0.939 bits per heavy atom. The second kappa shape index (κ2) is 10.1. The molecule has 0 heterocycles. The fourth-order valence-electron chi connectivity index (χ4n) is 3.83. The Labute approximate surface area is 196 Å². The minimum atomic E-state index is -0.943. The molecule has 3 rings (SSSR count). The molecule has 5 heteroatoms. The van der Waals surface area contributed by atoms with Crippen LogP contribution < -0.4 is 9.64 Å². The number of aromatic carboxylic acids is 1. The number of ether oxygens (including phenoxy) is 1. The minimum Gasteiger partial charge on any atom is -0.491 e. The highest BCUT2D eigenvalue weighted by Crippen LogP contribution is 2.39. The summed E-state index contributed by atoms with van der Waals surface area (Å²) in [7, 11) is 2.10. The Morgan fingerprint density at radius 2 is 1.58 bits per heavy atom. The van der Waals surface area contributed by atoms with Crippen molar-refractivity contribution in [2.24, 2.45) is 0 Å². The van der Waals surface area contributed by atoms with Gasteiger partial charge in [0.25, 0.3) is 0 Å².